The molecule has 0 atom stereocenters. The van der Waals surface area contributed by atoms with Gasteiger partial charge in [-0.15, -0.1) is 0 Å². The number of hydrogen-bond donors (Lipinski definition) is 0. The average Bonchev–Trinajstić information content (AvgIpc) is 2.92. The summed E-state index contributed by atoms with van der Waals surface area (Å²) >= 11 is 0. The van der Waals surface area contributed by atoms with Crippen molar-refractivity contribution >= 4 is 7.51 Å². The molecule has 2 aromatic carbocycles. The molecule has 0 spiro atoms. The Labute approximate surface area is 232 Å². The first-order chi connectivity index (χ1) is 18.6. The molecule has 0 saturated heterocycles. The average molecular weight is 536 g/mol. The zero-order valence-electron chi connectivity index (χ0n) is 24.1. The summed E-state index contributed by atoms with van der Waals surface area (Å²) in [7, 11) is -2.58. The van der Waals surface area contributed by atoms with Crippen LogP contribution < -0.4 is 9.05 Å². The predicted molar refractivity (Wildman–Crippen MR) is 161 cm³/mol. The van der Waals surface area contributed by atoms with Gasteiger partial charge in [-0.2, -0.15) is 0 Å². The Bertz CT molecular complexity index is 1050. The highest BCUT2D eigenvalue weighted by Gasteiger charge is 2.55. The van der Waals surface area contributed by atoms with E-state index >= 15 is 0 Å². The van der Waals surface area contributed by atoms with E-state index in [9.17, 15) is 0 Å². The second-order valence-corrected chi connectivity index (χ2v) is 15.4. The van der Waals surface area contributed by atoms with Gasteiger partial charge >= 0.3 is 7.51 Å². The molecule has 5 rings (SSSR count). The lowest BCUT2D eigenvalue weighted by atomic mass is 9.78. The van der Waals surface area contributed by atoms with Gasteiger partial charge in [-0.3, -0.25) is 0 Å². The number of nitrogens with zero attached hydrogens (tertiary/aromatic N) is 1. The zero-order valence-corrected chi connectivity index (χ0v) is 25.0. The van der Waals surface area contributed by atoms with E-state index < -0.39 is 7.51 Å². The predicted octanol–water partition coefficient (Wildman–Crippen LogP) is 11.6. The molecule has 0 saturated carbocycles. The van der Waals surface area contributed by atoms with Gasteiger partial charge in [-0.05, 0) is 38.8 Å². The molecule has 2 bridgehead atoms. The molecule has 0 N–H and O–H groups in total. The second-order valence-electron chi connectivity index (χ2n) is 12.6. The number of fused-ring (bicyclic) bond motifs is 2. The topological polar surface area (TPSA) is 30.8 Å². The molecule has 0 fully saturated rings. The highest BCUT2D eigenvalue weighted by molar-refractivity contribution is 7.59. The summed E-state index contributed by atoms with van der Waals surface area (Å²) in [5.74, 6) is 1.99. The van der Waals surface area contributed by atoms with Crippen LogP contribution in [0.25, 0.3) is 0 Å². The summed E-state index contributed by atoms with van der Waals surface area (Å²) < 4.78 is 19.7. The van der Waals surface area contributed by atoms with E-state index in [1.165, 1.54) is 114 Å². The molecule has 3 aliphatic heterocycles. The first-order valence-corrected chi connectivity index (χ1v) is 17.4. The summed E-state index contributed by atoms with van der Waals surface area (Å²) in [6, 6.07) is 17.4. The summed E-state index contributed by atoms with van der Waals surface area (Å²) in [6.45, 7) is 4.71. The van der Waals surface area contributed by atoms with E-state index in [1.54, 1.807) is 0 Å². The minimum atomic E-state index is -2.58. The number of benzene rings is 2. The molecule has 0 aliphatic carbocycles. The third-order valence-corrected chi connectivity index (χ3v) is 12.5. The van der Waals surface area contributed by atoms with Crippen LogP contribution in [-0.4, -0.2) is 5.16 Å². The van der Waals surface area contributed by atoms with E-state index in [-0.39, 0.29) is 10.7 Å². The third-order valence-electron chi connectivity index (χ3n) is 9.25. The minimum Gasteiger partial charge on any atom is -0.429 e. The normalized spacial score (nSPS) is 29.0. The van der Waals surface area contributed by atoms with Gasteiger partial charge in [0.1, 0.15) is 17.0 Å². The zero-order chi connectivity index (χ0) is 26.3. The lowest BCUT2D eigenvalue weighted by Gasteiger charge is -2.50. The molecular weight excluding hydrogens is 485 g/mol. The van der Waals surface area contributed by atoms with Gasteiger partial charge in [0.25, 0.3) is 0 Å². The van der Waals surface area contributed by atoms with Crippen molar-refractivity contribution in [1.82, 2.24) is 0 Å². The molecule has 0 amide bonds. The smallest absolute Gasteiger partial charge is 0.321 e. The summed E-state index contributed by atoms with van der Waals surface area (Å²) in [5, 5.41) is -0.143. The Morgan fingerprint density at radius 3 is 1.34 bits per heavy atom. The van der Waals surface area contributed by atoms with Crippen LogP contribution in [0.4, 0.5) is 0 Å². The molecule has 3 nitrogen and oxygen atoms in total. The maximum Gasteiger partial charge on any atom is 0.321 e. The monoisotopic (exact) mass is 535 g/mol. The fraction of sp³-hybridized carbons (Fsp3) is 0.647. The van der Waals surface area contributed by atoms with Crippen LogP contribution in [0.3, 0.4) is 0 Å². The SMILES string of the molecule is CC1(C)CCCCCCCCCCCCCCCCCCC23N=P1(Oc1ccccc12)Oc1ccccc13. The summed E-state index contributed by atoms with van der Waals surface area (Å²) in [6.07, 6.45) is 23.9. The molecule has 0 aromatic heterocycles. The highest BCUT2D eigenvalue weighted by Crippen LogP contribution is 2.73. The van der Waals surface area contributed by atoms with Crippen LogP contribution in [0.1, 0.15) is 141 Å². The van der Waals surface area contributed by atoms with Crippen LogP contribution in [-0.2, 0) is 5.54 Å². The summed E-state index contributed by atoms with van der Waals surface area (Å²) in [4.78, 5) is 0. The van der Waals surface area contributed by atoms with Crippen molar-refractivity contribution in [3.63, 3.8) is 0 Å². The lowest BCUT2D eigenvalue weighted by Crippen LogP contribution is -2.39. The molecule has 0 radical (unpaired) electrons. The Morgan fingerprint density at radius 1 is 0.526 bits per heavy atom. The summed E-state index contributed by atoms with van der Waals surface area (Å²) in [5.41, 5.74) is 2.10. The Hall–Kier alpha value is -1.73. The Balaban J connectivity index is 1.46. The van der Waals surface area contributed by atoms with Crippen LogP contribution in [0, 0.1) is 0 Å². The van der Waals surface area contributed by atoms with Gasteiger partial charge in [-0.25, -0.2) is 4.74 Å². The van der Waals surface area contributed by atoms with Crippen LogP contribution in [0.5, 0.6) is 11.5 Å². The first kappa shape index (κ1) is 27.8. The van der Waals surface area contributed by atoms with Crippen LogP contribution in [0.2, 0.25) is 0 Å². The first-order valence-electron chi connectivity index (χ1n) is 15.8. The van der Waals surface area contributed by atoms with E-state index in [0.717, 1.165) is 24.3 Å². The molecular formula is C34H50NO2P. The fourth-order valence-electron chi connectivity index (χ4n) is 6.84. The Morgan fingerprint density at radius 2 is 0.895 bits per heavy atom. The fourth-order valence-corrected chi connectivity index (χ4v) is 9.78. The van der Waals surface area contributed by atoms with Gasteiger partial charge in [0.2, 0.25) is 0 Å². The van der Waals surface area contributed by atoms with Gasteiger partial charge in [-0.1, -0.05) is 139 Å². The van der Waals surface area contributed by atoms with Crippen molar-refractivity contribution in [1.29, 1.82) is 0 Å². The molecule has 4 heteroatoms. The van der Waals surface area contributed by atoms with Crippen molar-refractivity contribution in [3.8, 4) is 11.5 Å². The van der Waals surface area contributed by atoms with Crippen molar-refractivity contribution in [2.24, 2.45) is 4.74 Å². The lowest BCUT2D eigenvalue weighted by molar-refractivity contribution is 0.329. The maximum atomic E-state index is 6.95. The van der Waals surface area contributed by atoms with Crippen molar-refractivity contribution < 1.29 is 9.05 Å². The van der Waals surface area contributed by atoms with E-state index in [2.05, 4.69) is 62.4 Å². The van der Waals surface area contributed by atoms with Crippen molar-refractivity contribution in [3.05, 3.63) is 59.7 Å². The van der Waals surface area contributed by atoms with E-state index in [4.69, 9.17) is 13.8 Å². The molecule has 38 heavy (non-hydrogen) atoms. The minimum absolute atomic E-state index is 0.143. The quantitative estimate of drug-likeness (QED) is 0.314. The van der Waals surface area contributed by atoms with Crippen LogP contribution in [0.15, 0.2) is 53.3 Å². The van der Waals surface area contributed by atoms with Gasteiger partial charge in [0, 0.05) is 11.1 Å². The van der Waals surface area contributed by atoms with Gasteiger partial charge in [0.05, 0.1) is 5.16 Å². The van der Waals surface area contributed by atoms with Crippen molar-refractivity contribution in [2.75, 3.05) is 0 Å². The highest BCUT2D eigenvalue weighted by atomic mass is 31.2. The third kappa shape index (κ3) is 5.89. The second kappa shape index (κ2) is 12.6. The van der Waals surface area contributed by atoms with E-state index in [1.807, 2.05) is 0 Å². The number of rotatable bonds is 0. The largest absolute Gasteiger partial charge is 0.429 e. The molecule has 208 valence electrons. The maximum absolute atomic E-state index is 6.95. The molecule has 0 unspecified atom stereocenters. The number of para-hydroxylation sites is 2. The van der Waals surface area contributed by atoms with Crippen molar-refractivity contribution in [2.45, 2.75) is 140 Å². The van der Waals surface area contributed by atoms with Crippen LogP contribution >= 0.6 is 7.51 Å². The molecule has 3 heterocycles. The van der Waals surface area contributed by atoms with Gasteiger partial charge < -0.3 is 9.05 Å². The van der Waals surface area contributed by atoms with Gasteiger partial charge in [0.15, 0.2) is 0 Å². The standard InChI is InChI=1S/C34H50NO2P/c1-33(2)27-21-15-13-11-9-7-5-3-4-6-8-10-12-14-16-22-28-34-29-23-17-19-25-31(29)36-38(33,35-34)37-32-26-20-18-24-30(32)34/h17-20,23-26H,3-16,21-22,27-28H2,1-2H3. The van der Waals surface area contributed by atoms with E-state index in [0.29, 0.717) is 0 Å². The molecule has 3 aliphatic rings. The molecule has 2 aromatic rings. The number of hydrogen-bond acceptors (Lipinski definition) is 3. The Kier molecular flexibility index (Phi) is 9.25.